The van der Waals surface area contributed by atoms with Crippen LogP contribution >= 0.6 is 15.9 Å². The first-order chi connectivity index (χ1) is 12.6. The summed E-state index contributed by atoms with van der Waals surface area (Å²) in [6, 6.07) is 9.89. The second-order valence-electron chi connectivity index (χ2n) is 5.89. The first kappa shape index (κ1) is 18.1. The summed E-state index contributed by atoms with van der Waals surface area (Å²) >= 11 is 3.45. The van der Waals surface area contributed by atoms with Crippen molar-refractivity contribution in [2.24, 2.45) is 0 Å². The van der Waals surface area contributed by atoms with Crippen LogP contribution in [0.15, 0.2) is 65.7 Å². The lowest BCUT2D eigenvalue weighted by molar-refractivity contribution is 0.0991. The average Bonchev–Trinajstić information content (AvgIpc) is 2.65. The Morgan fingerprint density at radius 3 is 2.46 bits per heavy atom. The van der Waals surface area contributed by atoms with Crippen molar-refractivity contribution in [3.8, 4) is 0 Å². The zero-order valence-electron chi connectivity index (χ0n) is 14.6. The van der Waals surface area contributed by atoms with Gasteiger partial charge in [-0.25, -0.2) is 0 Å². The number of rotatable bonds is 5. The molecule has 2 heterocycles. The Balaban J connectivity index is 1.79. The van der Waals surface area contributed by atoms with E-state index in [1.807, 2.05) is 50.3 Å². The summed E-state index contributed by atoms with van der Waals surface area (Å²) in [6.07, 6.45) is 8.89. The molecule has 3 rings (SSSR count). The minimum Gasteiger partial charge on any atom is -0.294 e. The van der Waals surface area contributed by atoms with Gasteiger partial charge in [0.2, 0.25) is 0 Å². The minimum absolute atomic E-state index is 0.00295. The predicted molar refractivity (Wildman–Crippen MR) is 106 cm³/mol. The zero-order valence-corrected chi connectivity index (χ0v) is 16.2. The molecule has 0 aliphatic rings. The van der Waals surface area contributed by atoms with E-state index in [0.717, 1.165) is 26.9 Å². The average molecular weight is 408 g/mol. The molecule has 0 spiro atoms. The summed E-state index contributed by atoms with van der Waals surface area (Å²) in [5.74, 6) is -0.00295. The van der Waals surface area contributed by atoms with E-state index in [4.69, 9.17) is 0 Å². The fraction of sp³-hybridized carbons (Fsp3) is 0.143. The van der Waals surface area contributed by atoms with Crippen LogP contribution in [0, 0.1) is 6.92 Å². The Morgan fingerprint density at radius 1 is 1.08 bits per heavy atom. The van der Waals surface area contributed by atoms with Gasteiger partial charge in [-0.3, -0.25) is 19.7 Å². The molecular formula is C21H18BrN3O. The second kappa shape index (κ2) is 8.15. The van der Waals surface area contributed by atoms with Gasteiger partial charge in [0.05, 0.1) is 24.0 Å². The number of nitrogens with zero attached hydrogens (tertiary/aromatic N) is 3. The van der Waals surface area contributed by atoms with Crippen LogP contribution in [0.1, 0.15) is 39.8 Å². The number of aryl methyl sites for hydroxylation is 1. The molecule has 0 unspecified atom stereocenters. The number of carbonyl (C=O) groups excluding carboxylic acids is 1. The fourth-order valence-electron chi connectivity index (χ4n) is 2.69. The monoisotopic (exact) mass is 407 g/mol. The number of hydrogen-bond donors (Lipinski definition) is 0. The van der Waals surface area contributed by atoms with Gasteiger partial charge in [-0.1, -0.05) is 34.1 Å². The van der Waals surface area contributed by atoms with Crippen LogP contribution in [0.5, 0.6) is 0 Å². The molecule has 0 saturated carbocycles. The van der Waals surface area contributed by atoms with Crippen LogP contribution in [-0.2, 0) is 6.42 Å². The highest BCUT2D eigenvalue weighted by Crippen LogP contribution is 2.23. The number of benzene rings is 1. The molecule has 0 aliphatic carbocycles. The van der Waals surface area contributed by atoms with Crippen LogP contribution in [0.2, 0.25) is 0 Å². The van der Waals surface area contributed by atoms with Crippen molar-refractivity contribution < 1.29 is 4.79 Å². The molecule has 0 atom stereocenters. The largest absolute Gasteiger partial charge is 0.294 e. The Labute approximate surface area is 161 Å². The zero-order chi connectivity index (χ0) is 18.5. The van der Waals surface area contributed by atoms with Gasteiger partial charge in [0.1, 0.15) is 0 Å². The number of hydrogen-bond acceptors (Lipinski definition) is 4. The molecule has 2 aromatic heterocycles. The SMILES string of the molecule is C/C=C(/c1ccc(Br)cc1)c1cnc(CC(=O)c2cnccc2C)cn1. The summed E-state index contributed by atoms with van der Waals surface area (Å²) in [5.41, 5.74) is 5.05. The molecule has 0 N–H and O–H groups in total. The Morgan fingerprint density at radius 2 is 1.85 bits per heavy atom. The number of aromatic nitrogens is 3. The molecular weight excluding hydrogens is 390 g/mol. The maximum Gasteiger partial charge on any atom is 0.170 e. The summed E-state index contributed by atoms with van der Waals surface area (Å²) in [5, 5.41) is 0. The van der Waals surface area contributed by atoms with Crippen LogP contribution in [0.25, 0.3) is 5.57 Å². The molecule has 26 heavy (non-hydrogen) atoms. The number of halogens is 1. The van der Waals surface area contributed by atoms with Crippen molar-refractivity contribution in [3.05, 3.63) is 93.7 Å². The fourth-order valence-corrected chi connectivity index (χ4v) is 2.96. The maximum absolute atomic E-state index is 12.4. The molecule has 0 saturated heterocycles. The predicted octanol–water partition coefficient (Wildman–Crippen LogP) is 4.82. The van der Waals surface area contributed by atoms with Crippen LogP contribution in [0.4, 0.5) is 0 Å². The Bertz CT molecular complexity index is 948. The van der Waals surface area contributed by atoms with Gasteiger partial charge in [-0.15, -0.1) is 0 Å². The molecule has 0 fully saturated rings. The van der Waals surface area contributed by atoms with E-state index < -0.39 is 0 Å². The van der Waals surface area contributed by atoms with Crippen molar-refractivity contribution in [3.63, 3.8) is 0 Å². The van der Waals surface area contributed by atoms with E-state index in [9.17, 15) is 4.79 Å². The third-order valence-electron chi connectivity index (χ3n) is 4.11. The highest BCUT2D eigenvalue weighted by atomic mass is 79.9. The standard InChI is InChI=1S/C21H18BrN3O/c1-3-18(15-4-6-16(22)7-5-15)20-13-24-17(11-25-20)10-21(26)19-12-23-9-8-14(19)2/h3-9,11-13H,10H2,1-2H3/b18-3-. The lowest BCUT2D eigenvalue weighted by Gasteiger charge is -2.08. The van der Waals surface area contributed by atoms with Gasteiger partial charge in [0.15, 0.2) is 5.78 Å². The number of Topliss-reactive ketones (excluding diaryl/α,β-unsaturated/α-hetero) is 1. The summed E-state index contributed by atoms with van der Waals surface area (Å²) in [7, 11) is 0. The Hall–Kier alpha value is -2.66. The van der Waals surface area contributed by atoms with E-state index >= 15 is 0 Å². The number of ketones is 1. The van der Waals surface area contributed by atoms with Crippen molar-refractivity contribution in [2.45, 2.75) is 20.3 Å². The van der Waals surface area contributed by atoms with Crippen LogP contribution in [-0.4, -0.2) is 20.7 Å². The quantitative estimate of drug-likeness (QED) is 0.568. The first-order valence-corrected chi connectivity index (χ1v) is 9.05. The molecule has 0 bridgehead atoms. The van der Waals surface area contributed by atoms with E-state index in [-0.39, 0.29) is 12.2 Å². The van der Waals surface area contributed by atoms with Gasteiger partial charge in [-0.05, 0) is 43.2 Å². The van der Waals surface area contributed by atoms with E-state index in [1.165, 1.54) is 0 Å². The second-order valence-corrected chi connectivity index (χ2v) is 6.81. The van der Waals surface area contributed by atoms with E-state index in [2.05, 4.69) is 30.9 Å². The van der Waals surface area contributed by atoms with E-state index in [1.54, 1.807) is 24.8 Å². The van der Waals surface area contributed by atoms with Crippen LogP contribution in [0.3, 0.4) is 0 Å². The summed E-state index contributed by atoms with van der Waals surface area (Å²) in [6.45, 7) is 3.88. The maximum atomic E-state index is 12.4. The van der Waals surface area contributed by atoms with Crippen molar-refractivity contribution in [1.29, 1.82) is 0 Å². The molecule has 3 aromatic rings. The summed E-state index contributed by atoms with van der Waals surface area (Å²) in [4.78, 5) is 25.4. The minimum atomic E-state index is -0.00295. The lowest BCUT2D eigenvalue weighted by atomic mass is 10.0. The smallest absolute Gasteiger partial charge is 0.170 e. The first-order valence-electron chi connectivity index (χ1n) is 8.26. The molecule has 0 amide bonds. The number of carbonyl (C=O) groups is 1. The molecule has 1 aromatic carbocycles. The van der Waals surface area contributed by atoms with E-state index in [0.29, 0.717) is 11.3 Å². The van der Waals surface area contributed by atoms with Gasteiger partial charge >= 0.3 is 0 Å². The third kappa shape index (κ3) is 4.11. The molecule has 130 valence electrons. The van der Waals surface area contributed by atoms with Crippen molar-refractivity contribution in [2.75, 3.05) is 0 Å². The topological polar surface area (TPSA) is 55.7 Å². The van der Waals surface area contributed by atoms with Crippen LogP contribution < -0.4 is 0 Å². The highest BCUT2D eigenvalue weighted by Gasteiger charge is 2.12. The van der Waals surface area contributed by atoms with Gasteiger partial charge < -0.3 is 0 Å². The molecule has 4 nitrogen and oxygen atoms in total. The normalized spacial score (nSPS) is 11.4. The number of allylic oxidation sites excluding steroid dienone is 1. The number of pyridine rings is 1. The van der Waals surface area contributed by atoms with Crippen molar-refractivity contribution >= 4 is 27.3 Å². The van der Waals surface area contributed by atoms with Gasteiger partial charge in [0.25, 0.3) is 0 Å². The Kier molecular flexibility index (Phi) is 5.68. The molecule has 0 aliphatic heterocycles. The van der Waals surface area contributed by atoms with Crippen molar-refractivity contribution in [1.82, 2.24) is 15.0 Å². The highest BCUT2D eigenvalue weighted by molar-refractivity contribution is 9.10. The lowest BCUT2D eigenvalue weighted by Crippen LogP contribution is -2.08. The molecule has 5 heteroatoms. The summed E-state index contributed by atoms with van der Waals surface area (Å²) < 4.78 is 1.03. The van der Waals surface area contributed by atoms with Gasteiger partial charge in [0, 0.05) is 34.2 Å². The molecule has 0 radical (unpaired) electrons. The third-order valence-corrected chi connectivity index (χ3v) is 4.63. The van der Waals surface area contributed by atoms with Gasteiger partial charge in [-0.2, -0.15) is 0 Å².